The Morgan fingerprint density at radius 2 is 1.85 bits per heavy atom. The summed E-state index contributed by atoms with van der Waals surface area (Å²) in [5, 5.41) is 0. The number of nitrogens with zero attached hydrogens (tertiary/aromatic N) is 2. The first-order chi connectivity index (χ1) is 12.7. The van der Waals surface area contributed by atoms with Crippen LogP contribution in [0.4, 0.5) is 22.0 Å². The Morgan fingerprint density at radius 1 is 1.15 bits per heavy atom. The van der Waals surface area contributed by atoms with Gasteiger partial charge in [-0.2, -0.15) is 22.0 Å². The molecule has 1 fully saturated rings. The average molecular weight is 396 g/mol. The highest BCUT2D eigenvalue weighted by Gasteiger charge is 2.27. The zero-order chi connectivity index (χ0) is 19.9. The molecule has 0 aliphatic carbocycles. The van der Waals surface area contributed by atoms with E-state index >= 15 is 0 Å². The van der Waals surface area contributed by atoms with Gasteiger partial charge in [-0.1, -0.05) is 6.07 Å². The van der Waals surface area contributed by atoms with Crippen molar-refractivity contribution in [3.63, 3.8) is 0 Å². The molecule has 1 saturated heterocycles. The van der Waals surface area contributed by atoms with Crippen LogP contribution in [0.5, 0.6) is 5.75 Å². The number of piperazine rings is 1. The minimum Gasteiger partial charge on any atom is -0.435 e. The Bertz CT molecular complexity index is 604. The van der Waals surface area contributed by atoms with Gasteiger partial charge in [0.05, 0.1) is 0 Å². The second-order valence-corrected chi connectivity index (χ2v) is 6.06. The van der Waals surface area contributed by atoms with Gasteiger partial charge < -0.3 is 14.4 Å². The van der Waals surface area contributed by atoms with Gasteiger partial charge in [0.2, 0.25) is 0 Å². The molecule has 0 aromatic heterocycles. The van der Waals surface area contributed by atoms with Crippen molar-refractivity contribution in [3.05, 3.63) is 29.8 Å². The van der Waals surface area contributed by atoms with E-state index < -0.39 is 19.4 Å². The van der Waals surface area contributed by atoms with Crippen LogP contribution in [-0.4, -0.2) is 74.4 Å². The van der Waals surface area contributed by atoms with Crippen molar-refractivity contribution in [2.45, 2.75) is 19.2 Å². The molecule has 10 heteroatoms. The van der Waals surface area contributed by atoms with Gasteiger partial charge in [0, 0.05) is 44.9 Å². The Balaban J connectivity index is 1.73. The van der Waals surface area contributed by atoms with Gasteiger partial charge in [-0.05, 0) is 24.6 Å². The number of hydrogen-bond donors (Lipinski definition) is 0. The molecule has 0 atom stereocenters. The van der Waals surface area contributed by atoms with E-state index in [0.717, 1.165) is 0 Å². The lowest BCUT2D eigenvalue weighted by Crippen LogP contribution is -2.49. The van der Waals surface area contributed by atoms with Crippen LogP contribution in [0.15, 0.2) is 24.3 Å². The third-order valence-corrected chi connectivity index (χ3v) is 3.99. The lowest BCUT2D eigenvalue weighted by atomic mass is 10.1. The normalized spacial score (nSPS) is 16.0. The van der Waals surface area contributed by atoms with Crippen LogP contribution in [0.25, 0.3) is 0 Å². The molecule has 0 spiro atoms. The third-order valence-electron chi connectivity index (χ3n) is 3.99. The monoisotopic (exact) mass is 396 g/mol. The highest BCUT2D eigenvalue weighted by molar-refractivity contribution is 5.94. The van der Waals surface area contributed by atoms with Crippen molar-refractivity contribution in [1.29, 1.82) is 0 Å². The Labute approximate surface area is 153 Å². The minimum absolute atomic E-state index is 0.0234. The van der Waals surface area contributed by atoms with E-state index in [1.54, 1.807) is 4.90 Å². The Morgan fingerprint density at radius 3 is 2.48 bits per heavy atom. The minimum atomic E-state index is -4.32. The molecule has 0 radical (unpaired) electrons. The number of benzene rings is 1. The molecular weight excluding hydrogens is 375 g/mol. The van der Waals surface area contributed by atoms with Crippen LogP contribution in [0, 0.1) is 0 Å². The van der Waals surface area contributed by atoms with Gasteiger partial charge in [0.15, 0.2) is 0 Å². The molecule has 1 aliphatic rings. The summed E-state index contributed by atoms with van der Waals surface area (Å²) in [4.78, 5) is 16.1. The number of carbonyl (C=O) groups excluding carboxylic acids is 1. The molecule has 0 N–H and O–H groups in total. The highest BCUT2D eigenvalue weighted by atomic mass is 19.4. The molecule has 5 nitrogen and oxygen atoms in total. The van der Waals surface area contributed by atoms with E-state index in [9.17, 15) is 26.7 Å². The third kappa shape index (κ3) is 7.67. The highest BCUT2D eigenvalue weighted by Crippen LogP contribution is 2.18. The summed E-state index contributed by atoms with van der Waals surface area (Å²) in [5.74, 6) is -0.351. The maximum Gasteiger partial charge on any atom is 0.411 e. The first-order valence-electron chi connectivity index (χ1n) is 8.45. The predicted molar refractivity (Wildman–Crippen MR) is 86.9 cm³/mol. The topological polar surface area (TPSA) is 42.0 Å². The Kier molecular flexibility index (Phi) is 7.78. The van der Waals surface area contributed by atoms with Crippen LogP contribution in [0.1, 0.15) is 16.8 Å². The summed E-state index contributed by atoms with van der Waals surface area (Å²) >= 11 is 0. The van der Waals surface area contributed by atoms with Gasteiger partial charge in [-0.15, -0.1) is 0 Å². The van der Waals surface area contributed by atoms with E-state index in [-0.39, 0.29) is 23.8 Å². The molecule has 1 aromatic carbocycles. The molecule has 1 aromatic rings. The van der Waals surface area contributed by atoms with Crippen LogP contribution in [0.2, 0.25) is 0 Å². The number of halogens is 5. The molecule has 0 saturated carbocycles. The van der Waals surface area contributed by atoms with Gasteiger partial charge >= 0.3 is 12.8 Å². The smallest absolute Gasteiger partial charge is 0.411 e. The van der Waals surface area contributed by atoms with Crippen molar-refractivity contribution in [2.75, 3.05) is 45.9 Å². The number of rotatable bonds is 8. The van der Waals surface area contributed by atoms with E-state index in [1.807, 2.05) is 4.90 Å². The summed E-state index contributed by atoms with van der Waals surface area (Å²) in [6.45, 7) is -1.54. The summed E-state index contributed by atoms with van der Waals surface area (Å²) in [7, 11) is 0. The number of hydrogen-bond acceptors (Lipinski definition) is 4. The molecule has 152 valence electrons. The summed E-state index contributed by atoms with van der Waals surface area (Å²) in [5.41, 5.74) is 0.266. The molecule has 1 aliphatic heterocycles. The van der Waals surface area contributed by atoms with Gasteiger partial charge in [-0.3, -0.25) is 9.69 Å². The molecule has 2 rings (SSSR count). The van der Waals surface area contributed by atoms with Gasteiger partial charge in [-0.25, -0.2) is 0 Å². The molecule has 1 heterocycles. The lowest BCUT2D eigenvalue weighted by Gasteiger charge is -2.34. The number of ether oxygens (including phenoxy) is 2. The van der Waals surface area contributed by atoms with Crippen LogP contribution in [0.3, 0.4) is 0 Å². The lowest BCUT2D eigenvalue weighted by molar-refractivity contribution is -0.174. The van der Waals surface area contributed by atoms with Gasteiger partial charge in [0.25, 0.3) is 5.91 Å². The predicted octanol–water partition coefficient (Wildman–Crippen LogP) is 3.01. The summed E-state index contributed by atoms with van der Waals surface area (Å²) in [6.07, 6.45) is -3.85. The summed E-state index contributed by atoms with van der Waals surface area (Å²) in [6, 6.07) is 5.63. The van der Waals surface area contributed by atoms with E-state index in [4.69, 9.17) is 0 Å². The Hall–Kier alpha value is -1.94. The maximum absolute atomic E-state index is 12.5. The molecule has 1 amide bonds. The van der Waals surface area contributed by atoms with Gasteiger partial charge in [0.1, 0.15) is 12.4 Å². The number of amides is 1. The first-order valence-corrected chi connectivity index (χ1v) is 8.45. The van der Waals surface area contributed by atoms with Crippen LogP contribution < -0.4 is 4.74 Å². The fraction of sp³-hybridized carbons (Fsp3) is 0.588. The van der Waals surface area contributed by atoms with Crippen molar-refractivity contribution in [2.24, 2.45) is 0 Å². The fourth-order valence-corrected chi connectivity index (χ4v) is 2.74. The van der Waals surface area contributed by atoms with Crippen molar-refractivity contribution >= 4 is 5.91 Å². The SMILES string of the molecule is O=C(c1cccc(OC(F)F)c1)N1CCN(CCCOCC(F)(F)F)CC1. The van der Waals surface area contributed by atoms with Crippen molar-refractivity contribution in [1.82, 2.24) is 9.80 Å². The standard InChI is InChI=1S/C17H21F5N2O3/c18-16(19)27-14-4-1-3-13(11-14)15(25)24-8-6-23(7-9-24)5-2-10-26-12-17(20,21)22/h1,3-4,11,16H,2,5-10,12H2. The molecule has 0 bridgehead atoms. The second-order valence-electron chi connectivity index (χ2n) is 6.06. The molecule has 0 unspecified atom stereocenters. The average Bonchev–Trinajstić information content (AvgIpc) is 2.60. The largest absolute Gasteiger partial charge is 0.435 e. The quantitative estimate of drug-likeness (QED) is 0.501. The molecular formula is C17H21F5N2O3. The number of alkyl halides is 5. The van der Waals surface area contributed by atoms with E-state index in [2.05, 4.69) is 9.47 Å². The summed E-state index contributed by atoms with van der Waals surface area (Å²) < 4.78 is 69.3. The first kappa shape index (κ1) is 21.4. The van der Waals surface area contributed by atoms with Crippen LogP contribution in [-0.2, 0) is 4.74 Å². The molecule has 27 heavy (non-hydrogen) atoms. The maximum atomic E-state index is 12.5. The zero-order valence-corrected chi connectivity index (χ0v) is 14.6. The van der Waals surface area contributed by atoms with Crippen molar-refractivity contribution in [3.8, 4) is 5.75 Å². The van der Waals surface area contributed by atoms with Crippen molar-refractivity contribution < 1.29 is 36.2 Å². The fourth-order valence-electron chi connectivity index (χ4n) is 2.74. The van der Waals surface area contributed by atoms with E-state index in [0.29, 0.717) is 39.1 Å². The zero-order valence-electron chi connectivity index (χ0n) is 14.6. The van der Waals surface area contributed by atoms with E-state index in [1.165, 1.54) is 24.3 Å². The van der Waals surface area contributed by atoms with Crippen LogP contribution >= 0.6 is 0 Å². The number of carbonyl (C=O) groups is 1. The second kappa shape index (κ2) is 9.84.